The molecule has 0 saturated heterocycles. The van der Waals surface area contributed by atoms with Gasteiger partial charge >= 0.3 is 0 Å². The maximum atomic E-state index is 5.37. The van der Waals surface area contributed by atoms with E-state index in [9.17, 15) is 0 Å². The first-order valence-electron chi connectivity index (χ1n) is 20.0. The fourth-order valence-corrected chi connectivity index (χ4v) is 7.60. The molecule has 0 atom stereocenters. The van der Waals surface area contributed by atoms with Gasteiger partial charge in [-0.3, -0.25) is 4.98 Å². The van der Waals surface area contributed by atoms with Crippen LogP contribution >= 0.6 is 0 Å². The van der Waals surface area contributed by atoms with Crippen molar-refractivity contribution in [3.63, 3.8) is 0 Å². The van der Waals surface area contributed by atoms with Crippen LogP contribution in [0.15, 0.2) is 212 Å². The zero-order valence-corrected chi connectivity index (χ0v) is 32.7. The first-order valence-corrected chi connectivity index (χ1v) is 20.0. The van der Waals surface area contributed by atoms with Crippen molar-refractivity contribution in [2.75, 3.05) is 6.54 Å². The van der Waals surface area contributed by atoms with E-state index in [4.69, 9.17) is 24.9 Å². The second-order valence-corrected chi connectivity index (χ2v) is 14.6. The van der Waals surface area contributed by atoms with Gasteiger partial charge in [0, 0.05) is 51.8 Å². The van der Waals surface area contributed by atoms with Crippen LogP contribution in [0, 0.1) is 0 Å². The summed E-state index contributed by atoms with van der Waals surface area (Å²) < 4.78 is 0. The van der Waals surface area contributed by atoms with E-state index >= 15 is 0 Å². The third kappa shape index (κ3) is 7.65. The van der Waals surface area contributed by atoms with Crippen LogP contribution in [-0.2, 0) is 0 Å². The molecule has 6 aromatic carbocycles. The molecular formula is C54H38N6. The van der Waals surface area contributed by atoms with Gasteiger partial charge in [0.25, 0.3) is 0 Å². The van der Waals surface area contributed by atoms with Crippen molar-refractivity contribution in [1.82, 2.24) is 30.2 Å². The molecule has 3 aromatic heterocycles. The number of rotatable bonds is 9. The number of aromatic nitrogens is 5. The quantitative estimate of drug-likeness (QED) is 0.157. The van der Waals surface area contributed by atoms with Crippen molar-refractivity contribution < 1.29 is 0 Å². The summed E-state index contributed by atoms with van der Waals surface area (Å²) in [6.45, 7) is 0.778. The first kappa shape index (κ1) is 36.3. The van der Waals surface area contributed by atoms with Gasteiger partial charge in [-0.25, -0.2) is 19.9 Å². The number of pyridine rings is 2. The summed E-state index contributed by atoms with van der Waals surface area (Å²) in [7, 11) is 0. The van der Waals surface area contributed by atoms with Crippen LogP contribution in [0.25, 0.3) is 95.9 Å². The summed E-state index contributed by atoms with van der Waals surface area (Å²) in [6, 6.07) is 64.6. The molecule has 0 amide bonds. The molecule has 0 radical (unpaired) electrons. The molecule has 4 heterocycles. The molecule has 6 nitrogen and oxygen atoms in total. The normalized spacial score (nSPS) is 12.1. The molecule has 0 aliphatic carbocycles. The second-order valence-electron chi connectivity index (χ2n) is 14.6. The van der Waals surface area contributed by atoms with E-state index < -0.39 is 0 Å². The fraction of sp³-hybridized carbons (Fsp3) is 0.0185. The highest BCUT2D eigenvalue weighted by Gasteiger charge is 2.17. The summed E-state index contributed by atoms with van der Waals surface area (Å²) >= 11 is 0. The molecule has 10 rings (SSSR count). The molecule has 0 unspecified atom stereocenters. The van der Waals surface area contributed by atoms with Gasteiger partial charge < -0.3 is 5.32 Å². The van der Waals surface area contributed by atoms with Crippen molar-refractivity contribution in [3.8, 4) is 90.2 Å². The number of benzene rings is 6. The third-order valence-electron chi connectivity index (χ3n) is 10.6. The summed E-state index contributed by atoms with van der Waals surface area (Å²) in [6.07, 6.45) is 8.20. The smallest absolute Gasteiger partial charge is 0.164 e. The van der Waals surface area contributed by atoms with Gasteiger partial charge in [0.15, 0.2) is 17.5 Å². The predicted molar refractivity (Wildman–Crippen MR) is 244 cm³/mol. The SMILES string of the molecule is C1=CCNC(c2cc(-c3cc(-c4ccccc4)nc(-c4ccccc4-c4cccc(-c5nc(-c6ccccc6)nc(-c6ccccc6)n5)c4)c3)cc(-c3ccccn3)c2)=C1. The Morgan fingerprint density at radius 2 is 0.883 bits per heavy atom. The van der Waals surface area contributed by atoms with E-state index in [2.05, 4.69) is 133 Å². The highest BCUT2D eigenvalue weighted by molar-refractivity contribution is 5.88. The van der Waals surface area contributed by atoms with Crippen LogP contribution in [0.2, 0.25) is 0 Å². The Kier molecular flexibility index (Phi) is 9.92. The third-order valence-corrected chi connectivity index (χ3v) is 10.6. The van der Waals surface area contributed by atoms with E-state index in [0.717, 1.165) is 90.5 Å². The maximum absolute atomic E-state index is 5.37. The molecule has 0 spiro atoms. The topological polar surface area (TPSA) is 76.5 Å². The minimum atomic E-state index is 0.607. The van der Waals surface area contributed by atoms with Crippen LogP contribution in [0.1, 0.15) is 5.56 Å². The molecule has 284 valence electrons. The van der Waals surface area contributed by atoms with Gasteiger partial charge in [-0.05, 0) is 82.4 Å². The van der Waals surface area contributed by atoms with Crippen LogP contribution < -0.4 is 5.32 Å². The number of nitrogens with zero attached hydrogens (tertiary/aromatic N) is 5. The number of hydrogen-bond donors (Lipinski definition) is 1. The van der Waals surface area contributed by atoms with E-state index in [-0.39, 0.29) is 0 Å². The standard InChI is InChI=1S/C54H38N6/c1-4-17-37(18-5-1)50-35-43(42-32-44(48-27-12-14-29-55-48)34-45(33-42)49-28-13-15-30-56-49)36-51(57-50)47-26-11-10-25-46(47)40-23-16-24-41(31-40)54-59-52(38-19-6-2-7-20-38)58-53(60-54)39-21-8-3-9-22-39/h1-29,31-36,56H,30H2. The van der Waals surface area contributed by atoms with E-state index in [0.29, 0.717) is 17.5 Å². The van der Waals surface area contributed by atoms with Crippen molar-refractivity contribution >= 4 is 5.70 Å². The minimum absolute atomic E-state index is 0.607. The zero-order chi connectivity index (χ0) is 40.1. The van der Waals surface area contributed by atoms with Gasteiger partial charge in [-0.1, -0.05) is 152 Å². The fourth-order valence-electron chi connectivity index (χ4n) is 7.60. The summed E-state index contributed by atoms with van der Waals surface area (Å²) in [4.78, 5) is 25.1. The number of nitrogens with one attached hydrogen (secondary N) is 1. The van der Waals surface area contributed by atoms with Crippen molar-refractivity contribution in [2.45, 2.75) is 0 Å². The first-order chi connectivity index (χ1) is 29.7. The van der Waals surface area contributed by atoms with Gasteiger partial charge in [-0.2, -0.15) is 0 Å². The molecular weight excluding hydrogens is 733 g/mol. The molecule has 0 saturated carbocycles. The molecule has 6 heteroatoms. The zero-order valence-electron chi connectivity index (χ0n) is 32.7. The lowest BCUT2D eigenvalue weighted by molar-refractivity contribution is 0.996. The Morgan fingerprint density at radius 3 is 1.55 bits per heavy atom. The van der Waals surface area contributed by atoms with E-state index in [1.54, 1.807) is 0 Å². The number of dihydropyridines is 1. The summed E-state index contributed by atoms with van der Waals surface area (Å²) in [5.41, 5.74) is 14.9. The Morgan fingerprint density at radius 1 is 0.350 bits per heavy atom. The number of hydrogen-bond acceptors (Lipinski definition) is 6. The lowest BCUT2D eigenvalue weighted by atomic mass is 9.92. The molecule has 0 fully saturated rings. The molecule has 1 aliphatic rings. The van der Waals surface area contributed by atoms with Crippen molar-refractivity contribution in [2.24, 2.45) is 0 Å². The Balaban J connectivity index is 1.12. The van der Waals surface area contributed by atoms with Crippen LogP contribution in [0.4, 0.5) is 0 Å². The Bertz CT molecular complexity index is 2960. The van der Waals surface area contributed by atoms with Crippen LogP contribution in [0.5, 0.6) is 0 Å². The van der Waals surface area contributed by atoms with Crippen molar-refractivity contribution in [3.05, 3.63) is 218 Å². The monoisotopic (exact) mass is 770 g/mol. The average molecular weight is 771 g/mol. The second kappa shape index (κ2) is 16.4. The predicted octanol–water partition coefficient (Wildman–Crippen LogP) is 12.5. The average Bonchev–Trinajstić information content (AvgIpc) is 3.35. The largest absolute Gasteiger partial charge is 0.381 e. The van der Waals surface area contributed by atoms with Gasteiger partial charge in [-0.15, -0.1) is 0 Å². The lowest BCUT2D eigenvalue weighted by Gasteiger charge is -2.17. The Hall–Kier alpha value is -8.09. The number of allylic oxidation sites excluding steroid dienone is 2. The van der Waals surface area contributed by atoms with Crippen molar-refractivity contribution in [1.29, 1.82) is 0 Å². The maximum Gasteiger partial charge on any atom is 0.164 e. The van der Waals surface area contributed by atoms with Crippen LogP contribution in [0.3, 0.4) is 0 Å². The molecule has 1 N–H and O–H groups in total. The van der Waals surface area contributed by atoms with E-state index in [1.807, 2.05) is 85.1 Å². The van der Waals surface area contributed by atoms with Crippen LogP contribution in [-0.4, -0.2) is 31.5 Å². The summed E-state index contributed by atoms with van der Waals surface area (Å²) in [5.74, 6) is 1.86. The van der Waals surface area contributed by atoms with E-state index in [1.165, 1.54) is 0 Å². The molecule has 9 aromatic rings. The highest BCUT2D eigenvalue weighted by Crippen LogP contribution is 2.38. The van der Waals surface area contributed by atoms with Gasteiger partial charge in [0.05, 0.1) is 17.1 Å². The minimum Gasteiger partial charge on any atom is -0.381 e. The lowest BCUT2D eigenvalue weighted by Crippen LogP contribution is -2.14. The highest BCUT2D eigenvalue weighted by atomic mass is 15.0. The Labute approximate surface area is 349 Å². The van der Waals surface area contributed by atoms with Gasteiger partial charge in [0.2, 0.25) is 0 Å². The summed E-state index contributed by atoms with van der Waals surface area (Å²) in [5, 5.41) is 3.56. The molecule has 60 heavy (non-hydrogen) atoms. The molecule has 0 bridgehead atoms. The van der Waals surface area contributed by atoms with Gasteiger partial charge in [0.1, 0.15) is 0 Å². The molecule has 1 aliphatic heterocycles.